The summed E-state index contributed by atoms with van der Waals surface area (Å²) in [4.78, 5) is 24.9. The van der Waals surface area contributed by atoms with Gasteiger partial charge in [0.25, 0.3) is 0 Å². The van der Waals surface area contributed by atoms with Crippen LogP contribution in [0.4, 0.5) is 5.69 Å². The molecule has 1 aromatic rings. The lowest BCUT2D eigenvalue weighted by molar-refractivity contribution is -0.123. The van der Waals surface area contributed by atoms with Gasteiger partial charge in [-0.25, -0.2) is 0 Å². The van der Waals surface area contributed by atoms with Crippen LogP contribution in [-0.4, -0.2) is 24.9 Å². The van der Waals surface area contributed by atoms with Crippen LogP contribution >= 0.6 is 23.2 Å². The van der Waals surface area contributed by atoms with Crippen molar-refractivity contribution < 1.29 is 9.59 Å². The number of hydrogen-bond acceptors (Lipinski definition) is 2. The summed E-state index contributed by atoms with van der Waals surface area (Å²) in [6, 6.07) is 4.97. The summed E-state index contributed by atoms with van der Waals surface area (Å²) >= 11 is 12.0. The topological polar surface area (TPSA) is 49.4 Å². The Hall–Kier alpha value is -1.26. The monoisotopic (exact) mass is 316 g/mol. The molecule has 0 spiro atoms. The first-order valence-electron chi connectivity index (χ1n) is 6.31. The minimum Gasteiger partial charge on any atom is -0.354 e. The van der Waals surface area contributed by atoms with Crippen molar-refractivity contribution in [3.8, 4) is 0 Å². The average Bonchev–Trinajstić information content (AvgIpc) is 2.37. The number of benzene rings is 1. The van der Waals surface area contributed by atoms with Crippen molar-refractivity contribution >= 4 is 40.7 Å². The maximum atomic E-state index is 11.9. The number of halogens is 2. The Labute approximate surface area is 129 Å². The molecule has 1 rings (SSSR count). The summed E-state index contributed by atoms with van der Waals surface area (Å²) in [5.41, 5.74) is 0.436. The zero-order chi connectivity index (χ0) is 15.3. The van der Waals surface area contributed by atoms with Crippen molar-refractivity contribution in [1.29, 1.82) is 0 Å². The molecule has 0 aliphatic rings. The van der Waals surface area contributed by atoms with E-state index >= 15 is 0 Å². The number of amides is 2. The highest BCUT2D eigenvalue weighted by Gasteiger charge is 2.19. The third kappa shape index (κ3) is 4.69. The molecule has 20 heavy (non-hydrogen) atoms. The van der Waals surface area contributed by atoms with E-state index in [1.54, 1.807) is 18.2 Å². The van der Waals surface area contributed by atoms with Crippen molar-refractivity contribution in [3.05, 3.63) is 28.2 Å². The van der Waals surface area contributed by atoms with Gasteiger partial charge in [0.1, 0.15) is 6.54 Å². The van der Waals surface area contributed by atoms with E-state index in [4.69, 9.17) is 23.2 Å². The second kappa shape index (κ2) is 7.50. The van der Waals surface area contributed by atoms with Gasteiger partial charge >= 0.3 is 0 Å². The third-order valence-corrected chi connectivity index (χ3v) is 3.42. The molecule has 0 aliphatic carbocycles. The maximum Gasteiger partial charge on any atom is 0.240 e. The van der Waals surface area contributed by atoms with E-state index in [9.17, 15) is 9.59 Å². The van der Waals surface area contributed by atoms with Crippen LogP contribution in [0.15, 0.2) is 18.2 Å². The quantitative estimate of drug-likeness (QED) is 0.907. The number of carbonyl (C=O) groups excluding carboxylic acids is 2. The number of carbonyl (C=O) groups is 2. The molecule has 0 radical (unpaired) electrons. The molecule has 0 unspecified atom stereocenters. The largest absolute Gasteiger partial charge is 0.354 e. The van der Waals surface area contributed by atoms with Crippen molar-refractivity contribution in [1.82, 2.24) is 5.32 Å². The Kier molecular flexibility index (Phi) is 6.30. The number of anilines is 1. The average molecular weight is 317 g/mol. The first kappa shape index (κ1) is 16.8. The zero-order valence-electron chi connectivity index (χ0n) is 11.7. The van der Waals surface area contributed by atoms with Crippen LogP contribution in [0.1, 0.15) is 20.8 Å². The molecule has 4 nitrogen and oxygen atoms in total. The van der Waals surface area contributed by atoms with Gasteiger partial charge in [0.05, 0.1) is 15.7 Å². The highest BCUT2D eigenvalue weighted by atomic mass is 35.5. The standard InChI is InChI=1S/C14H18Cl2N2O2/c1-9(2)7-17-13(20)8-18(10(3)19)12-6-4-5-11(15)14(12)16/h4-6,9H,7-8H2,1-3H3,(H,17,20). The van der Waals surface area contributed by atoms with Crippen LogP contribution in [0.25, 0.3) is 0 Å². The summed E-state index contributed by atoms with van der Waals surface area (Å²) in [5.74, 6) is -0.154. The third-order valence-electron chi connectivity index (χ3n) is 2.61. The van der Waals surface area contributed by atoms with E-state index in [0.717, 1.165) is 0 Å². The number of nitrogens with one attached hydrogen (secondary N) is 1. The van der Waals surface area contributed by atoms with Gasteiger partial charge in [-0.05, 0) is 18.1 Å². The molecule has 0 aromatic heterocycles. The summed E-state index contributed by atoms with van der Waals surface area (Å²) in [6.45, 7) is 5.86. The molecule has 6 heteroatoms. The van der Waals surface area contributed by atoms with Crippen molar-refractivity contribution in [3.63, 3.8) is 0 Å². The predicted octanol–water partition coefficient (Wildman–Crippen LogP) is 3.12. The molecule has 1 aromatic carbocycles. The van der Waals surface area contributed by atoms with Crippen LogP contribution in [0, 0.1) is 5.92 Å². The molecule has 0 aliphatic heterocycles. The highest BCUT2D eigenvalue weighted by Crippen LogP contribution is 2.32. The lowest BCUT2D eigenvalue weighted by Crippen LogP contribution is -2.41. The molecule has 0 heterocycles. The zero-order valence-corrected chi connectivity index (χ0v) is 13.3. The van der Waals surface area contributed by atoms with Crippen molar-refractivity contribution in [2.75, 3.05) is 18.0 Å². The van der Waals surface area contributed by atoms with Crippen LogP contribution in [0.2, 0.25) is 10.0 Å². The summed E-state index contributed by atoms with van der Waals surface area (Å²) in [6.07, 6.45) is 0. The van der Waals surface area contributed by atoms with Gasteiger partial charge < -0.3 is 10.2 Å². The molecule has 0 saturated heterocycles. The fraction of sp³-hybridized carbons (Fsp3) is 0.429. The summed E-state index contributed by atoms with van der Waals surface area (Å²) < 4.78 is 0. The molecule has 0 bridgehead atoms. The molecule has 1 N–H and O–H groups in total. The fourth-order valence-corrected chi connectivity index (χ4v) is 1.98. The molecule has 0 saturated carbocycles. The Morgan fingerprint density at radius 1 is 1.30 bits per heavy atom. The first-order chi connectivity index (χ1) is 9.32. The summed E-state index contributed by atoms with van der Waals surface area (Å²) in [5, 5.41) is 3.37. The molecule has 2 amide bonds. The van der Waals surface area contributed by atoms with E-state index in [0.29, 0.717) is 23.2 Å². The van der Waals surface area contributed by atoms with Gasteiger partial charge in [0, 0.05) is 13.5 Å². The van der Waals surface area contributed by atoms with Gasteiger partial charge in [-0.3, -0.25) is 9.59 Å². The van der Waals surface area contributed by atoms with E-state index in [2.05, 4.69) is 5.32 Å². The Morgan fingerprint density at radius 3 is 2.50 bits per heavy atom. The van der Waals surface area contributed by atoms with Crippen LogP contribution in [-0.2, 0) is 9.59 Å². The van der Waals surface area contributed by atoms with Crippen molar-refractivity contribution in [2.45, 2.75) is 20.8 Å². The maximum absolute atomic E-state index is 11.9. The first-order valence-corrected chi connectivity index (χ1v) is 7.07. The Morgan fingerprint density at radius 2 is 1.95 bits per heavy atom. The van der Waals surface area contributed by atoms with E-state index in [-0.39, 0.29) is 23.4 Å². The van der Waals surface area contributed by atoms with Crippen LogP contribution in [0.5, 0.6) is 0 Å². The normalized spacial score (nSPS) is 10.5. The second-order valence-electron chi connectivity index (χ2n) is 4.88. The second-order valence-corrected chi connectivity index (χ2v) is 5.66. The minimum absolute atomic E-state index is 0.0812. The highest BCUT2D eigenvalue weighted by molar-refractivity contribution is 6.44. The Bertz CT molecular complexity index is 504. The predicted molar refractivity (Wildman–Crippen MR) is 82.3 cm³/mol. The van der Waals surface area contributed by atoms with Gasteiger partial charge in [-0.1, -0.05) is 43.1 Å². The van der Waals surface area contributed by atoms with E-state index in [1.165, 1.54) is 11.8 Å². The molecular formula is C14H18Cl2N2O2. The van der Waals surface area contributed by atoms with E-state index < -0.39 is 0 Å². The van der Waals surface area contributed by atoms with Gasteiger partial charge in [0.2, 0.25) is 11.8 Å². The lowest BCUT2D eigenvalue weighted by Gasteiger charge is -2.22. The van der Waals surface area contributed by atoms with E-state index in [1.807, 2.05) is 13.8 Å². The number of hydrogen-bond donors (Lipinski definition) is 1. The molecular weight excluding hydrogens is 299 g/mol. The van der Waals surface area contributed by atoms with Gasteiger partial charge in [-0.2, -0.15) is 0 Å². The fourth-order valence-electron chi connectivity index (χ4n) is 1.58. The Balaban J connectivity index is 2.87. The van der Waals surface area contributed by atoms with Crippen LogP contribution in [0.3, 0.4) is 0 Å². The molecule has 0 atom stereocenters. The van der Waals surface area contributed by atoms with Crippen molar-refractivity contribution in [2.24, 2.45) is 5.92 Å². The van der Waals surface area contributed by atoms with Gasteiger partial charge in [0.15, 0.2) is 0 Å². The number of nitrogens with zero attached hydrogens (tertiary/aromatic N) is 1. The number of rotatable bonds is 5. The molecule has 110 valence electrons. The molecule has 0 fully saturated rings. The lowest BCUT2D eigenvalue weighted by atomic mass is 10.2. The summed E-state index contributed by atoms with van der Waals surface area (Å²) in [7, 11) is 0. The van der Waals surface area contributed by atoms with Crippen LogP contribution < -0.4 is 10.2 Å². The smallest absolute Gasteiger partial charge is 0.240 e. The van der Waals surface area contributed by atoms with Gasteiger partial charge in [-0.15, -0.1) is 0 Å². The SMILES string of the molecule is CC(=O)N(CC(=O)NCC(C)C)c1cccc(Cl)c1Cl. The minimum atomic E-state index is -0.270.